The lowest BCUT2D eigenvalue weighted by molar-refractivity contribution is 0.866. The molecule has 28 heavy (non-hydrogen) atoms. The number of rotatable bonds is 2. The summed E-state index contributed by atoms with van der Waals surface area (Å²) in [7, 11) is 0. The number of fused-ring (bicyclic) bond motifs is 5. The van der Waals surface area contributed by atoms with Crippen LogP contribution in [0.15, 0.2) is 97.1 Å². The van der Waals surface area contributed by atoms with Crippen molar-refractivity contribution in [2.24, 2.45) is 0 Å². The summed E-state index contributed by atoms with van der Waals surface area (Å²) in [5.74, 6) is 0.530. The molecule has 1 heterocycles. The molecule has 0 bridgehead atoms. The van der Waals surface area contributed by atoms with Crippen molar-refractivity contribution in [3.8, 4) is 22.3 Å². The smallest absolute Gasteiger partial charge is 0.0540 e. The lowest BCUT2D eigenvalue weighted by atomic mass is 9.95. The highest BCUT2D eigenvalue weighted by Crippen LogP contribution is 2.50. The van der Waals surface area contributed by atoms with Crippen LogP contribution in [0.1, 0.15) is 25.3 Å². The molecule has 4 aromatic rings. The molecule has 136 valence electrons. The van der Waals surface area contributed by atoms with Crippen LogP contribution in [0.2, 0.25) is 0 Å². The van der Waals surface area contributed by atoms with E-state index >= 15 is 0 Å². The van der Waals surface area contributed by atoms with Gasteiger partial charge in [0, 0.05) is 16.8 Å². The van der Waals surface area contributed by atoms with Crippen molar-refractivity contribution in [2.45, 2.75) is 19.8 Å². The van der Waals surface area contributed by atoms with E-state index in [9.17, 15) is 0 Å². The molecular weight excluding hydrogens is 338 g/mol. The van der Waals surface area contributed by atoms with Gasteiger partial charge in [-0.3, -0.25) is 0 Å². The second kappa shape index (κ2) is 6.69. The van der Waals surface area contributed by atoms with Crippen molar-refractivity contribution in [3.05, 3.63) is 103 Å². The second-order valence-corrected chi connectivity index (χ2v) is 7.66. The van der Waals surface area contributed by atoms with Gasteiger partial charge in [-0.05, 0) is 46.9 Å². The summed E-state index contributed by atoms with van der Waals surface area (Å²) < 4.78 is 0. The van der Waals surface area contributed by atoms with Gasteiger partial charge in [0.2, 0.25) is 0 Å². The van der Waals surface area contributed by atoms with Crippen molar-refractivity contribution in [1.29, 1.82) is 0 Å². The minimum absolute atomic E-state index is 0.530. The third-order valence-corrected chi connectivity index (χ3v) is 5.62. The highest BCUT2D eigenvalue weighted by molar-refractivity contribution is 6.02. The molecule has 0 atom stereocenters. The molecule has 0 aliphatic carbocycles. The maximum atomic E-state index is 2.40. The first kappa shape index (κ1) is 16.8. The van der Waals surface area contributed by atoms with Crippen molar-refractivity contribution in [2.75, 3.05) is 4.90 Å². The third kappa shape index (κ3) is 2.63. The highest BCUT2D eigenvalue weighted by Gasteiger charge is 2.25. The summed E-state index contributed by atoms with van der Waals surface area (Å²) >= 11 is 0. The lowest BCUT2D eigenvalue weighted by Crippen LogP contribution is -2.10. The quantitative estimate of drug-likeness (QED) is 0.308. The number of nitrogens with zero attached hydrogens (tertiary/aromatic N) is 1. The van der Waals surface area contributed by atoms with E-state index in [1.165, 1.54) is 44.9 Å². The maximum Gasteiger partial charge on any atom is 0.0540 e. The Balaban J connectivity index is 1.82. The van der Waals surface area contributed by atoms with Gasteiger partial charge in [0.1, 0.15) is 0 Å². The fraction of sp³-hybridized carbons (Fsp3) is 0.111. The summed E-state index contributed by atoms with van der Waals surface area (Å²) in [6.45, 7) is 4.48. The number of anilines is 3. The number of hydrogen-bond acceptors (Lipinski definition) is 1. The Morgan fingerprint density at radius 3 is 1.39 bits per heavy atom. The van der Waals surface area contributed by atoms with Crippen LogP contribution in [0, 0.1) is 0 Å². The molecule has 0 aromatic heterocycles. The van der Waals surface area contributed by atoms with E-state index < -0.39 is 0 Å². The molecule has 4 aromatic carbocycles. The lowest BCUT2D eigenvalue weighted by Gasteiger charge is -2.27. The molecule has 0 saturated carbocycles. The fourth-order valence-electron chi connectivity index (χ4n) is 4.16. The van der Waals surface area contributed by atoms with Crippen molar-refractivity contribution in [3.63, 3.8) is 0 Å². The largest absolute Gasteiger partial charge is 0.309 e. The minimum Gasteiger partial charge on any atom is -0.309 e. The molecular formula is C27H23N. The third-order valence-electron chi connectivity index (χ3n) is 5.62. The second-order valence-electron chi connectivity index (χ2n) is 7.66. The van der Waals surface area contributed by atoms with Crippen molar-refractivity contribution >= 4 is 17.1 Å². The van der Waals surface area contributed by atoms with E-state index in [1.807, 2.05) is 0 Å². The summed E-state index contributed by atoms with van der Waals surface area (Å²) in [4.78, 5) is 2.40. The molecule has 1 aliphatic rings. The van der Waals surface area contributed by atoms with E-state index in [1.54, 1.807) is 0 Å². The van der Waals surface area contributed by atoms with E-state index in [0.29, 0.717) is 5.92 Å². The van der Waals surface area contributed by atoms with E-state index in [4.69, 9.17) is 0 Å². The number of benzene rings is 4. The summed E-state index contributed by atoms with van der Waals surface area (Å²) in [6, 6.07) is 35.2. The highest BCUT2D eigenvalue weighted by atomic mass is 15.1. The van der Waals surface area contributed by atoms with Gasteiger partial charge in [0.25, 0.3) is 0 Å². The van der Waals surface area contributed by atoms with Crippen LogP contribution in [0.3, 0.4) is 0 Å². The molecule has 0 saturated heterocycles. The molecule has 0 amide bonds. The zero-order chi connectivity index (χ0) is 19.1. The van der Waals surface area contributed by atoms with Crippen LogP contribution in [-0.4, -0.2) is 0 Å². The first-order valence-electron chi connectivity index (χ1n) is 9.92. The first-order valence-corrected chi connectivity index (χ1v) is 9.92. The normalized spacial score (nSPS) is 12.2. The molecule has 0 spiro atoms. The summed E-state index contributed by atoms with van der Waals surface area (Å²) in [5, 5.41) is 0. The van der Waals surface area contributed by atoms with Crippen LogP contribution in [0.4, 0.5) is 17.1 Å². The molecule has 0 N–H and O–H groups in total. The van der Waals surface area contributed by atoms with Crippen LogP contribution in [0.25, 0.3) is 22.3 Å². The molecule has 1 aliphatic heterocycles. The predicted molar refractivity (Wildman–Crippen MR) is 120 cm³/mol. The Morgan fingerprint density at radius 1 is 0.500 bits per heavy atom. The van der Waals surface area contributed by atoms with Crippen LogP contribution in [0.5, 0.6) is 0 Å². The standard InChI is InChI=1S/C27H23N/c1-19(2)20-15-17-21(18-16-20)28-26-13-7-5-11-24(26)22-9-3-4-10-23(22)25-12-6-8-14-27(25)28/h3-19H,1-2H3. The van der Waals surface area contributed by atoms with Gasteiger partial charge in [0.05, 0.1) is 11.4 Å². The monoisotopic (exact) mass is 361 g/mol. The van der Waals surface area contributed by atoms with Gasteiger partial charge in [-0.25, -0.2) is 0 Å². The zero-order valence-electron chi connectivity index (χ0n) is 16.3. The molecule has 5 rings (SSSR count). The minimum atomic E-state index is 0.530. The van der Waals surface area contributed by atoms with Gasteiger partial charge >= 0.3 is 0 Å². The molecule has 0 unspecified atom stereocenters. The Kier molecular flexibility index (Phi) is 4.02. The Morgan fingerprint density at radius 2 is 0.929 bits per heavy atom. The molecule has 0 radical (unpaired) electrons. The van der Waals surface area contributed by atoms with Gasteiger partial charge in [-0.1, -0.05) is 86.6 Å². The first-order chi connectivity index (χ1) is 13.7. The van der Waals surface area contributed by atoms with Crippen LogP contribution < -0.4 is 4.90 Å². The SMILES string of the molecule is CC(C)c1ccc(N2c3ccccc3-c3ccccc3-c3ccccc32)cc1. The topological polar surface area (TPSA) is 3.24 Å². The van der Waals surface area contributed by atoms with Gasteiger partial charge in [0.15, 0.2) is 0 Å². The van der Waals surface area contributed by atoms with Crippen LogP contribution >= 0.6 is 0 Å². The van der Waals surface area contributed by atoms with E-state index in [-0.39, 0.29) is 0 Å². The number of para-hydroxylation sites is 2. The molecule has 1 heteroatoms. The summed E-state index contributed by atoms with van der Waals surface area (Å²) in [6.07, 6.45) is 0. The Bertz CT molecular complexity index is 1070. The Labute approximate surface area is 166 Å². The average molecular weight is 361 g/mol. The van der Waals surface area contributed by atoms with Gasteiger partial charge in [-0.2, -0.15) is 0 Å². The van der Waals surface area contributed by atoms with Crippen molar-refractivity contribution < 1.29 is 0 Å². The number of hydrogen-bond donors (Lipinski definition) is 0. The van der Waals surface area contributed by atoms with Gasteiger partial charge in [-0.15, -0.1) is 0 Å². The average Bonchev–Trinajstić information content (AvgIpc) is 2.87. The van der Waals surface area contributed by atoms with Crippen LogP contribution in [-0.2, 0) is 0 Å². The van der Waals surface area contributed by atoms with Crippen molar-refractivity contribution in [1.82, 2.24) is 0 Å². The summed E-state index contributed by atoms with van der Waals surface area (Å²) in [5.41, 5.74) is 10.1. The van der Waals surface area contributed by atoms with E-state index in [2.05, 4.69) is 116 Å². The van der Waals surface area contributed by atoms with Gasteiger partial charge < -0.3 is 4.90 Å². The Hall–Kier alpha value is -3.32. The molecule has 1 nitrogen and oxygen atoms in total. The van der Waals surface area contributed by atoms with E-state index in [0.717, 1.165) is 0 Å². The maximum absolute atomic E-state index is 2.40. The fourth-order valence-corrected chi connectivity index (χ4v) is 4.16. The predicted octanol–water partition coefficient (Wildman–Crippen LogP) is 7.93. The molecule has 0 fully saturated rings. The zero-order valence-corrected chi connectivity index (χ0v) is 16.3.